The lowest BCUT2D eigenvalue weighted by atomic mass is 10.1. The van der Waals surface area contributed by atoms with E-state index in [0.29, 0.717) is 6.42 Å². The molecule has 1 aromatic carbocycles. The Morgan fingerprint density at radius 2 is 2.00 bits per heavy atom. The summed E-state index contributed by atoms with van der Waals surface area (Å²) in [5.41, 5.74) is -0.441. The third-order valence-corrected chi connectivity index (χ3v) is 3.27. The van der Waals surface area contributed by atoms with Gasteiger partial charge in [0.25, 0.3) is 0 Å². The fourth-order valence-electron chi connectivity index (χ4n) is 1.95. The van der Waals surface area contributed by atoms with Gasteiger partial charge in [-0.05, 0) is 17.9 Å². The smallest absolute Gasteiger partial charge is 0.324 e. The molecule has 1 fully saturated rings. The van der Waals surface area contributed by atoms with Gasteiger partial charge in [0.15, 0.2) is 5.41 Å². The maximum atomic E-state index is 11.7. The number of benzene rings is 1. The molecule has 2 rings (SSSR count). The minimum atomic E-state index is -1.30. The van der Waals surface area contributed by atoms with Crippen molar-refractivity contribution in [1.29, 1.82) is 0 Å². The van der Waals surface area contributed by atoms with Crippen LogP contribution in [0.1, 0.15) is 18.9 Å². The molecule has 0 saturated heterocycles. The quantitative estimate of drug-likeness (QED) is 0.637. The number of ether oxygens (including phenoxy) is 1. The molecule has 1 aromatic rings. The van der Waals surface area contributed by atoms with Gasteiger partial charge in [0.1, 0.15) is 6.61 Å². The fourth-order valence-corrected chi connectivity index (χ4v) is 1.95. The summed E-state index contributed by atoms with van der Waals surface area (Å²) in [7, 11) is 0. The Hall–Kier alpha value is -1.84. The van der Waals surface area contributed by atoms with Gasteiger partial charge in [0.05, 0.1) is 0 Å². The van der Waals surface area contributed by atoms with Crippen molar-refractivity contribution in [2.24, 2.45) is 11.3 Å². The summed E-state index contributed by atoms with van der Waals surface area (Å²) in [5, 5.41) is 9.04. The van der Waals surface area contributed by atoms with E-state index in [1.807, 2.05) is 30.3 Å². The zero-order valence-electron chi connectivity index (χ0n) is 9.55. The third kappa shape index (κ3) is 2.02. The highest BCUT2D eigenvalue weighted by Crippen LogP contribution is 2.53. The standard InChI is InChI=1S/C13H14O4/c1-9-7-13(9,11(14)15)12(16)17-8-10-5-3-2-4-6-10/h2-6,9H,7-8H2,1H3,(H,14,15)/t9-,13+/m0/s1. The minimum absolute atomic E-state index is 0.126. The van der Waals surface area contributed by atoms with E-state index in [2.05, 4.69) is 0 Å². The summed E-state index contributed by atoms with van der Waals surface area (Å²) in [4.78, 5) is 22.8. The monoisotopic (exact) mass is 234 g/mol. The maximum absolute atomic E-state index is 11.7. The minimum Gasteiger partial charge on any atom is -0.480 e. The van der Waals surface area contributed by atoms with E-state index in [4.69, 9.17) is 9.84 Å². The second kappa shape index (κ2) is 4.20. The molecule has 4 nitrogen and oxygen atoms in total. The summed E-state index contributed by atoms with van der Waals surface area (Å²) >= 11 is 0. The number of carboxylic acid groups (broad SMARTS) is 1. The Morgan fingerprint density at radius 3 is 2.47 bits per heavy atom. The van der Waals surface area contributed by atoms with Crippen LogP contribution in [0.25, 0.3) is 0 Å². The lowest BCUT2D eigenvalue weighted by Gasteiger charge is -2.11. The van der Waals surface area contributed by atoms with Crippen LogP contribution in [-0.4, -0.2) is 17.0 Å². The van der Waals surface area contributed by atoms with Gasteiger partial charge in [-0.2, -0.15) is 0 Å². The molecule has 1 saturated carbocycles. The van der Waals surface area contributed by atoms with E-state index in [-0.39, 0.29) is 12.5 Å². The number of rotatable bonds is 4. The van der Waals surface area contributed by atoms with E-state index in [1.54, 1.807) is 6.92 Å². The molecular formula is C13H14O4. The number of hydrogen-bond acceptors (Lipinski definition) is 3. The van der Waals surface area contributed by atoms with Crippen LogP contribution in [-0.2, 0) is 20.9 Å². The molecule has 0 aliphatic heterocycles. The number of carboxylic acids is 1. The average Bonchev–Trinajstić information content (AvgIpc) is 3.01. The first kappa shape index (κ1) is 11.6. The Kier molecular flexibility index (Phi) is 2.88. The summed E-state index contributed by atoms with van der Waals surface area (Å²) < 4.78 is 5.07. The van der Waals surface area contributed by atoms with Crippen molar-refractivity contribution >= 4 is 11.9 Å². The molecule has 1 N–H and O–H groups in total. The van der Waals surface area contributed by atoms with Crippen molar-refractivity contribution in [1.82, 2.24) is 0 Å². The Balaban J connectivity index is 1.97. The van der Waals surface area contributed by atoms with Crippen LogP contribution >= 0.6 is 0 Å². The zero-order chi connectivity index (χ0) is 12.5. The van der Waals surface area contributed by atoms with Crippen molar-refractivity contribution in [2.75, 3.05) is 0 Å². The first-order valence-electron chi connectivity index (χ1n) is 5.52. The molecule has 0 radical (unpaired) electrons. The summed E-state index contributed by atoms with van der Waals surface area (Å²) in [6.07, 6.45) is 0.371. The predicted molar refractivity (Wildman–Crippen MR) is 60.1 cm³/mol. The predicted octanol–water partition coefficient (Wildman–Crippen LogP) is 1.84. The van der Waals surface area contributed by atoms with Gasteiger partial charge in [-0.15, -0.1) is 0 Å². The second-order valence-corrected chi connectivity index (χ2v) is 4.44. The molecule has 0 bridgehead atoms. The third-order valence-electron chi connectivity index (χ3n) is 3.27. The van der Waals surface area contributed by atoms with E-state index in [1.165, 1.54) is 0 Å². The first-order chi connectivity index (χ1) is 8.07. The van der Waals surface area contributed by atoms with Crippen molar-refractivity contribution in [2.45, 2.75) is 20.0 Å². The number of hydrogen-bond donors (Lipinski definition) is 1. The van der Waals surface area contributed by atoms with Crippen LogP contribution < -0.4 is 0 Å². The number of carbonyl (C=O) groups is 2. The van der Waals surface area contributed by atoms with E-state index < -0.39 is 17.4 Å². The summed E-state index contributed by atoms with van der Waals surface area (Å²) in [5.74, 6) is -1.84. The topological polar surface area (TPSA) is 63.6 Å². The van der Waals surface area contributed by atoms with E-state index >= 15 is 0 Å². The summed E-state index contributed by atoms with van der Waals surface area (Å²) in [6.45, 7) is 1.87. The maximum Gasteiger partial charge on any atom is 0.324 e. The normalized spacial score (nSPS) is 26.3. The van der Waals surface area contributed by atoms with Gasteiger partial charge in [0, 0.05) is 0 Å². The molecule has 4 heteroatoms. The van der Waals surface area contributed by atoms with Crippen molar-refractivity contribution < 1.29 is 19.4 Å². The zero-order valence-corrected chi connectivity index (χ0v) is 9.55. The lowest BCUT2D eigenvalue weighted by molar-refractivity contribution is -0.162. The largest absolute Gasteiger partial charge is 0.480 e. The molecule has 0 spiro atoms. The Bertz CT molecular complexity index is 440. The van der Waals surface area contributed by atoms with Crippen molar-refractivity contribution in [3.8, 4) is 0 Å². The molecule has 1 aliphatic carbocycles. The highest BCUT2D eigenvalue weighted by Gasteiger charge is 2.65. The van der Waals surface area contributed by atoms with Crippen molar-refractivity contribution in [3.05, 3.63) is 35.9 Å². The van der Waals surface area contributed by atoms with Crippen LogP contribution in [0.2, 0.25) is 0 Å². The van der Waals surface area contributed by atoms with E-state index in [9.17, 15) is 9.59 Å². The van der Waals surface area contributed by atoms with Crippen molar-refractivity contribution in [3.63, 3.8) is 0 Å². The van der Waals surface area contributed by atoms with Crippen LogP contribution in [0, 0.1) is 11.3 Å². The second-order valence-electron chi connectivity index (χ2n) is 4.44. The number of esters is 1. The van der Waals surface area contributed by atoms with Gasteiger partial charge in [-0.25, -0.2) is 0 Å². The molecule has 0 aromatic heterocycles. The van der Waals surface area contributed by atoms with Gasteiger partial charge in [-0.3, -0.25) is 9.59 Å². The molecular weight excluding hydrogens is 220 g/mol. The van der Waals surface area contributed by atoms with E-state index in [0.717, 1.165) is 5.56 Å². The van der Waals surface area contributed by atoms with Gasteiger partial charge in [-0.1, -0.05) is 37.3 Å². The SMILES string of the molecule is C[C@H]1C[C@@]1(C(=O)O)C(=O)OCc1ccccc1. The Morgan fingerprint density at radius 1 is 1.41 bits per heavy atom. The highest BCUT2D eigenvalue weighted by atomic mass is 16.5. The number of carbonyl (C=O) groups excluding carboxylic acids is 1. The van der Waals surface area contributed by atoms with Gasteiger partial charge in [0.2, 0.25) is 0 Å². The molecule has 0 heterocycles. The fraction of sp³-hybridized carbons (Fsp3) is 0.385. The first-order valence-corrected chi connectivity index (χ1v) is 5.52. The summed E-state index contributed by atoms with van der Waals surface area (Å²) in [6, 6.07) is 9.22. The van der Waals surface area contributed by atoms with Crippen LogP contribution in [0.15, 0.2) is 30.3 Å². The lowest BCUT2D eigenvalue weighted by Crippen LogP contribution is -2.29. The molecule has 0 amide bonds. The van der Waals surface area contributed by atoms with Crippen LogP contribution in [0.3, 0.4) is 0 Å². The molecule has 17 heavy (non-hydrogen) atoms. The Labute approximate surface area is 99.2 Å². The number of aliphatic carboxylic acids is 1. The van der Waals surface area contributed by atoms with Gasteiger partial charge < -0.3 is 9.84 Å². The molecule has 2 atom stereocenters. The molecule has 90 valence electrons. The molecule has 0 unspecified atom stereocenters. The average molecular weight is 234 g/mol. The highest BCUT2D eigenvalue weighted by molar-refractivity contribution is 6.02. The van der Waals surface area contributed by atoms with Crippen LogP contribution in [0.4, 0.5) is 0 Å². The molecule has 1 aliphatic rings. The van der Waals surface area contributed by atoms with Gasteiger partial charge >= 0.3 is 11.9 Å². The van der Waals surface area contributed by atoms with Crippen LogP contribution in [0.5, 0.6) is 0 Å².